The van der Waals surface area contributed by atoms with Crippen LogP contribution in [0.25, 0.3) is 0 Å². The molecule has 0 fully saturated rings. The maximum absolute atomic E-state index is 6.60. The molecule has 0 saturated heterocycles. The first-order valence-corrected chi connectivity index (χ1v) is 13.8. The van der Waals surface area contributed by atoms with Crippen LogP contribution in [0.5, 0.6) is 0 Å². The van der Waals surface area contributed by atoms with Gasteiger partial charge >= 0.3 is 0 Å². The number of hydrogen-bond acceptors (Lipinski definition) is 5. The molecule has 0 amide bonds. The highest BCUT2D eigenvalue weighted by atomic mass is 16.5. The SMILES string of the molecule is CNC(C)(C)C(C)COC(C)(C)C(C)(C)CCOC(C)(C)C(C)(C)C(C)COC(C)(C)CC(C)N. The Morgan fingerprint density at radius 3 is 1.63 bits per heavy atom. The lowest BCUT2D eigenvalue weighted by Crippen LogP contribution is -2.50. The Hall–Kier alpha value is -0.200. The van der Waals surface area contributed by atoms with Gasteiger partial charge in [0.05, 0.1) is 30.0 Å². The number of nitrogens with two attached hydrogens (primary N) is 1. The first-order valence-electron chi connectivity index (χ1n) is 13.8. The van der Waals surface area contributed by atoms with Gasteiger partial charge in [0.1, 0.15) is 0 Å². The Morgan fingerprint density at radius 1 is 0.686 bits per heavy atom. The van der Waals surface area contributed by atoms with Gasteiger partial charge < -0.3 is 25.3 Å². The molecular formula is C30H64N2O3. The maximum atomic E-state index is 6.60. The summed E-state index contributed by atoms with van der Waals surface area (Å²) in [6.45, 7) is 35.4. The highest BCUT2D eigenvalue weighted by molar-refractivity contribution is 4.93. The minimum Gasteiger partial charge on any atom is -0.375 e. The van der Waals surface area contributed by atoms with Crippen molar-refractivity contribution in [2.75, 3.05) is 26.9 Å². The van der Waals surface area contributed by atoms with Crippen molar-refractivity contribution in [1.82, 2.24) is 5.32 Å². The number of rotatable bonds is 17. The van der Waals surface area contributed by atoms with Gasteiger partial charge in [-0.15, -0.1) is 0 Å². The van der Waals surface area contributed by atoms with E-state index in [9.17, 15) is 0 Å². The fourth-order valence-electron chi connectivity index (χ4n) is 4.02. The monoisotopic (exact) mass is 500 g/mol. The molecule has 0 aromatic heterocycles. The summed E-state index contributed by atoms with van der Waals surface area (Å²) in [5.74, 6) is 0.731. The molecule has 5 nitrogen and oxygen atoms in total. The van der Waals surface area contributed by atoms with E-state index in [2.05, 4.69) is 102 Å². The fourth-order valence-corrected chi connectivity index (χ4v) is 4.02. The summed E-state index contributed by atoms with van der Waals surface area (Å²) in [6, 6.07) is 0.127. The van der Waals surface area contributed by atoms with Gasteiger partial charge in [0.2, 0.25) is 0 Å². The zero-order valence-electron chi connectivity index (χ0n) is 26.6. The Bertz CT molecular complexity index is 621. The fraction of sp³-hybridized carbons (Fsp3) is 1.00. The van der Waals surface area contributed by atoms with E-state index in [-0.39, 0.29) is 39.2 Å². The van der Waals surface area contributed by atoms with Crippen molar-refractivity contribution < 1.29 is 14.2 Å². The lowest BCUT2D eigenvalue weighted by molar-refractivity contribution is -0.159. The summed E-state index contributed by atoms with van der Waals surface area (Å²) >= 11 is 0. The molecule has 0 aromatic carbocycles. The highest BCUT2D eigenvalue weighted by Crippen LogP contribution is 2.43. The normalized spacial score (nSPS) is 17.4. The van der Waals surface area contributed by atoms with Crippen molar-refractivity contribution in [2.45, 2.75) is 145 Å². The van der Waals surface area contributed by atoms with Gasteiger partial charge in [0.25, 0.3) is 0 Å². The molecule has 3 N–H and O–H groups in total. The molecule has 0 aliphatic rings. The van der Waals surface area contributed by atoms with Crippen LogP contribution < -0.4 is 11.1 Å². The van der Waals surface area contributed by atoms with Crippen LogP contribution in [0.4, 0.5) is 0 Å². The molecule has 0 spiro atoms. The number of ether oxygens (including phenoxy) is 3. The van der Waals surface area contributed by atoms with E-state index < -0.39 is 0 Å². The summed E-state index contributed by atoms with van der Waals surface area (Å²) in [4.78, 5) is 0. The smallest absolute Gasteiger partial charge is 0.0680 e. The standard InChI is InChI=1S/C30H64N2O3/c1-22(20-34-26(6,7)19-24(3)31)27(8,9)30(14,15)33-18-17-25(4,5)29(12,13)35-21-23(2)28(10,11)32-16/h22-24,32H,17-21,31H2,1-16H3. The van der Waals surface area contributed by atoms with Gasteiger partial charge in [0.15, 0.2) is 0 Å². The summed E-state index contributed by atoms with van der Waals surface area (Å²) < 4.78 is 19.4. The third-order valence-corrected chi connectivity index (χ3v) is 9.71. The van der Waals surface area contributed by atoms with Crippen LogP contribution in [0.3, 0.4) is 0 Å². The molecule has 5 heteroatoms. The zero-order chi connectivity index (χ0) is 28.1. The van der Waals surface area contributed by atoms with Gasteiger partial charge in [-0.25, -0.2) is 0 Å². The van der Waals surface area contributed by atoms with E-state index in [0.29, 0.717) is 25.0 Å². The molecule has 0 saturated carbocycles. The van der Waals surface area contributed by atoms with E-state index in [1.165, 1.54) is 0 Å². The first-order chi connectivity index (χ1) is 15.4. The Labute approximate surface area is 220 Å². The Kier molecular flexibility index (Phi) is 12.5. The molecule has 3 unspecified atom stereocenters. The average molecular weight is 501 g/mol. The van der Waals surface area contributed by atoms with Crippen molar-refractivity contribution in [3.63, 3.8) is 0 Å². The maximum Gasteiger partial charge on any atom is 0.0680 e. The number of hydrogen-bond donors (Lipinski definition) is 2. The van der Waals surface area contributed by atoms with Gasteiger partial charge in [-0.1, -0.05) is 41.5 Å². The third kappa shape index (κ3) is 10.2. The van der Waals surface area contributed by atoms with Crippen molar-refractivity contribution in [3.8, 4) is 0 Å². The van der Waals surface area contributed by atoms with Crippen molar-refractivity contribution in [1.29, 1.82) is 0 Å². The number of nitrogens with one attached hydrogen (secondary N) is 1. The molecule has 0 bridgehead atoms. The zero-order valence-corrected chi connectivity index (χ0v) is 26.6. The second-order valence-corrected chi connectivity index (χ2v) is 14.6. The Morgan fingerprint density at radius 2 is 1.17 bits per heavy atom. The second kappa shape index (κ2) is 12.6. The van der Waals surface area contributed by atoms with E-state index in [1.807, 2.05) is 14.0 Å². The summed E-state index contributed by atoms with van der Waals surface area (Å²) in [7, 11) is 2.01. The van der Waals surface area contributed by atoms with Crippen molar-refractivity contribution in [3.05, 3.63) is 0 Å². The molecule has 212 valence electrons. The quantitative estimate of drug-likeness (QED) is 0.229. The first kappa shape index (κ1) is 34.8. The molecule has 0 rings (SSSR count). The van der Waals surface area contributed by atoms with Gasteiger partial charge in [-0.2, -0.15) is 0 Å². The summed E-state index contributed by atoms with van der Waals surface area (Å²) in [5.41, 5.74) is 5.16. The summed E-state index contributed by atoms with van der Waals surface area (Å²) in [5, 5.41) is 3.40. The molecule has 35 heavy (non-hydrogen) atoms. The van der Waals surface area contributed by atoms with Crippen LogP contribution >= 0.6 is 0 Å². The predicted molar refractivity (Wildman–Crippen MR) is 152 cm³/mol. The van der Waals surface area contributed by atoms with Crippen LogP contribution in [0.15, 0.2) is 0 Å². The third-order valence-electron chi connectivity index (χ3n) is 9.71. The van der Waals surface area contributed by atoms with Crippen LogP contribution in [-0.2, 0) is 14.2 Å². The topological polar surface area (TPSA) is 65.7 Å². The van der Waals surface area contributed by atoms with Crippen LogP contribution in [-0.4, -0.2) is 55.3 Å². The predicted octanol–water partition coefficient (Wildman–Crippen LogP) is 6.82. The molecule has 0 aliphatic heterocycles. The van der Waals surface area contributed by atoms with Crippen molar-refractivity contribution >= 4 is 0 Å². The lowest BCUT2D eigenvalue weighted by Gasteiger charge is -2.47. The van der Waals surface area contributed by atoms with E-state index in [1.54, 1.807) is 0 Å². The highest BCUT2D eigenvalue weighted by Gasteiger charge is 2.44. The Balaban J connectivity index is 5.03. The molecule has 0 heterocycles. The molecular weight excluding hydrogens is 436 g/mol. The van der Waals surface area contributed by atoms with Gasteiger partial charge in [-0.3, -0.25) is 0 Å². The van der Waals surface area contributed by atoms with E-state index in [4.69, 9.17) is 19.9 Å². The minimum absolute atomic E-state index is 0.0333. The van der Waals surface area contributed by atoms with Crippen LogP contribution in [0.2, 0.25) is 0 Å². The largest absolute Gasteiger partial charge is 0.375 e. The molecule has 0 aromatic rings. The molecule has 0 aliphatic carbocycles. The average Bonchev–Trinajstić information content (AvgIpc) is 2.68. The van der Waals surface area contributed by atoms with E-state index in [0.717, 1.165) is 19.4 Å². The lowest BCUT2D eigenvalue weighted by atomic mass is 9.68. The van der Waals surface area contributed by atoms with Gasteiger partial charge in [-0.05, 0) is 105 Å². The van der Waals surface area contributed by atoms with Gasteiger partial charge in [0, 0.05) is 18.2 Å². The van der Waals surface area contributed by atoms with E-state index >= 15 is 0 Å². The minimum atomic E-state index is -0.298. The van der Waals surface area contributed by atoms with Crippen molar-refractivity contribution in [2.24, 2.45) is 28.4 Å². The summed E-state index contributed by atoms with van der Waals surface area (Å²) in [6.07, 6.45) is 1.77. The van der Waals surface area contributed by atoms with Crippen LogP contribution in [0.1, 0.15) is 117 Å². The molecule has 0 radical (unpaired) electrons. The second-order valence-electron chi connectivity index (χ2n) is 14.6. The molecule has 3 atom stereocenters. The van der Waals surface area contributed by atoms with Crippen LogP contribution in [0, 0.1) is 22.7 Å².